The molecule has 4 atom stereocenters. The van der Waals surface area contributed by atoms with Crippen molar-refractivity contribution in [3.8, 4) is 0 Å². The zero-order chi connectivity index (χ0) is 18.2. The highest BCUT2D eigenvalue weighted by molar-refractivity contribution is 5.00. The number of hydrogen-bond acceptors (Lipinski definition) is 6. The van der Waals surface area contributed by atoms with Gasteiger partial charge in [-0.2, -0.15) is 4.39 Å². The molecule has 3 rings (SSSR count). The molecule has 0 bridgehead atoms. The first-order valence-corrected chi connectivity index (χ1v) is 8.57. The Kier molecular flexibility index (Phi) is 5.10. The summed E-state index contributed by atoms with van der Waals surface area (Å²) in [6.45, 7) is 3.70. The summed E-state index contributed by atoms with van der Waals surface area (Å²) in [4.78, 5) is 25.2. The summed E-state index contributed by atoms with van der Waals surface area (Å²) >= 11 is 0. The molecule has 3 unspecified atom stereocenters. The van der Waals surface area contributed by atoms with E-state index in [4.69, 9.17) is 14.2 Å². The van der Waals surface area contributed by atoms with Gasteiger partial charge in [0.2, 0.25) is 5.82 Å². The molecule has 3 heterocycles. The highest BCUT2D eigenvalue weighted by Gasteiger charge is 2.58. The molecule has 1 aromatic heterocycles. The summed E-state index contributed by atoms with van der Waals surface area (Å²) in [5.74, 6) is -1.90. The monoisotopic (exact) mass is 358 g/mol. The van der Waals surface area contributed by atoms with E-state index in [1.807, 2.05) is 18.8 Å². The van der Waals surface area contributed by atoms with Crippen LogP contribution in [0, 0.1) is 5.82 Å². The number of halogens is 1. The number of aliphatic hydroxyl groups excluding tert-OH is 1. The molecule has 2 saturated heterocycles. The van der Waals surface area contributed by atoms with Gasteiger partial charge in [0.05, 0.1) is 12.8 Å². The van der Waals surface area contributed by atoms with Crippen molar-refractivity contribution in [2.24, 2.45) is 0 Å². The molecule has 0 radical (unpaired) electrons. The predicted octanol–water partition coefficient (Wildman–Crippen LogP) is 0.646. The number of nitrogens with zero attached hydrogens (tertiary/aromatic N) is 1. The number of aromatic nitrogens is 2. The SMILES string of the molecule is CCCC1(CCC)OC2C(CO)O[C@@H](n3cc(F)c(=O)[nH]c3=O)C2O1. The lowest BCUT2D eigenvalue weighted by Crippen LogP contribution is -2.39. The van der Waals surface area contributed by atoms with Gasteiger partial charge in [0, 0.05) is 12.8 Å². The fourth-order valence-corrected chi connectivity index (χ4v) is 3.64. The summed E-state index contributed by atoms with van der Waals surface area (Å²) in [5.41, 5.74) is -1.90. The Labute approximate surface area is 143 Å². The normalized spacial score (nSPS) is 30.6. The van der Waals surface area contributed by atoms with Crippen molar-refractivity contribution in [3.05, 3.63) is 32.9 Å². The van der Waals surface area contributed by atoms with Crippen LogP contribution in [-0.2, 0) is 14.2 Å². The Morgan fingerprint density at radius 1 is 1.24 bits per heavy atom. The summed E-state index contributed by atoms with van der Waals surface area (Å²) < 4.78 is 32.5. The van der Waals surface area contributed by atoms with Gasteiger partial charge in [0.25, 0.3) is 5.56 Å². The van der Waals surface area contributed by atoms with Crippen LogP contribution in [0.3, 0.4) is 0 Å². The predicted molar refractivity (Wildman–Crippen MR) is 84.6 cm³/mol. The molecule has 9 heteroatoms. The van der Waals surface area contributed by atoms with Crippen LogP contribution in [0.1, 0.15) is 45.8 Å². The van der Waals surface area contributed by atoms with E-state index in [1.54, 1.807) is 0 Å². The highest BCUT2D eigenvalue weighted by atomic mass is 19.1. The number of H-pyrrole nitrogens is 1. The number of nitrogens with one attached hydrogen (secondary N) is 1. The molecule has 25 heavy (non-hydrogen) atoms. The summed E-state index contributed by atoms with van der Waals surface area (Å²) in [5, 5.41) is 9.60. The first kappa shape index (κ1) is 18.2. The smallest absolute Gasteiger partial charge is 0.330 e. The summed E-state index contributed by atoms with van der Waals surface area (Å²) in [7, 11) is 0. The van der Waals surface area contributed by atoms with Gasteiger partial charge in [-0.15, -0.1) is 0 Å². The molecule has 2 fully saturated rings. The van der Waals surface area contributed by atoms with E-state index in [0.29, 0.717) is 12.8 Å². The van der Waals surface area contributed by atoms with Crippen LogP contribution in [0.5, 0.6) is 0 Å². The average Bonchev–Trinajstić information content (AvgIpc) is 3.07. The molecule has 0 spiro atoms. The first-order valence-electron chi connectivity index (χ1n) is 8.57. The van der Waals surface area contributed by atoms with Gasteiger partial charge in [-0.1, -0.05) is 26.7 Å². The van der Waals surface area contributed by atoms with Crippen molar-refractivity contribution < 1.29 is 23.7 Å². The van der Waals surface area contributed by atoms with Crippen molar-refractivity contribution in [1.29, 1.82) is 0 Å². The molecule has 0 aromatic carbocycles. The third kappa shape index (κ3) is 3.17. The van der Waals surface area contributed by atoms with Crippen LogP contribution >= 0.6 is 0 Å². The number of aromatic amines is 1. The molecular formula is C16H23FN2O6. The molecule has 2 N–H and O–H groups in total. The Bertz CT molecular complexity index is 726. The second kappa shape index (κ2) is 6.99. The fraction of sp³-hybridized carbons (Fsp3) is 0.750. The molecule has 0 saturated carbocycles. The van der Waals surface area contributed by atoms with Gasteiger partial charge in [-0.3, -0.25) is 14.3 Å². The van der Waals surface area contributed by atoms with E-state index in [0.717, 1.165) is 23.6 Å². The first-order chi connectivity index (χ1) is 11.9. The third-order valence-electron chi connectivity index (χ3n) is 4.63. The van der Waals surface area contributed by atoms with Crippen LogP contribution in [0.15, 0.2) is 15.8 Å². The van der Waals surface area contributed by atoms with Gasteiger partial charge in [-0.05, 0) is 0 Å². The van der Waals surface area contributed by atoms with Gasteiger partial charge in [0.1, 0.15) is 18.3 Å². The number of rotatable bonds is 6. The standard InChI is InChI=1S/C16H23FN2O6/c1-3-5-16(6-4-2)24-11-10(8-20)23-14(12(11)25-16)19-7-9(17)13(21)18-15(19)22/h7,10-12,14,20H,3-6,8H2,1-2H3,(H,18,21,22)/t10?,11?,12?,14-/m1/s1. The molecule has 2 aliphatic rings. The summed E-state index contributed by atoms with van der Waals surface area (Å²) in [6.07, 6.45) is 0.842. The van der Waals surface area contributed by atoms with Gasteiger partial charge >= 0.3 is 5.69 Å². The zero-order valence-electron chi connectivity index (χ0n) is 14.2. The number of hydrogen-bond donors (Lipinski definition) is 2. The highest BCUT2D eigenvalue weighted by Crippen LogP contribution is 2.46. The molecule has 2 aliphatic heterocycles. The minimum atomic E-state index is -1.10. The Morgan fingerprint density at radius 2 is 1.88 bits per heavy atom. The molecule has 140 valence electrons. The molecule has 1 aromatic rings. The van der Waals surface area contributed by atoms with E-state index >= 15 is 0 Å². The molecule has 0 amide bonds. The maximum absolute atomic E-state index is 13.6. The lowest BCUT2D eigenvalue weighted by molar-refractivity contribution is -0.227. The minimum absolute atomic E-state index is 0.323. The number of ether oxygens (including phenoxy) is 3. The molecule has 8 nitrogen and oxygen atoms in total. The Hall–Kier alpha value is -1.55. The number of fused-ring (bicyclic) bond motifs is 1. The van der Waals surface area contributed by atoms with Crippen molar-refractivity contribution in [2.45, 2.75) is 69.9 Å². The Balaban J connectivity index is 1.96. The topological polar surface area (TPSA) is 103 Å². The van der Waals surface area contributed by atoms with Gasteiger partial charge in [0.15, 0.2) is 12.0 Å². The Morgan fingerprint density at radius 3 is 2.48 bits per heavy atom. The van der Waals surface area contributed by atoms with E-state index in [1.165, 1.54) is 0 Å². The van der Waals surface area contributed by atoms with Crippen LogP contribution in [-0.4, -0.2) is 45.4 Å². The van der Waals surface area contributed by atoms with E-state index in [-0.39, 0.29) is 6.61 Å². The van der Waals surface area contributed by atoms with Crippen LogP contribution < -0.4 is 11.2 Å². The lowest BCUT2D eigenvalue weighted by atomic mass is 10.1. The number of aliphatic hydroxyl groups is 1. The van der Waals surface area contributed by atoms with E-state index < -0.39 is 47.4 Å². The van der Waals surface area contributed by atoms with Gasteiger partial charge < -0.3 is 19.3 Å². The largest absolute Gasteiger partial charge is 0.394 e. The van der Waals surface area contributed by atoms with Crippen LogP contribution in [0.2, 0.25) is 0 Å². The maximum atomic E-state index is 13.6. The van der Waals surface area contributed by atoms with Crippen molar-refractivity contribution in [1.82, 2.24) is 9.55 Å². The van der Waals surface area contributed by atoms with E-state index in [2.05, 4.69) is 0 Å². The zero-order valence-corrected chi connectivity index (χ0v) is 14.2. The minimum Gasteiger partial charge on any atom is -0.394 e. The molecular weight excluding hydrogens is 335 g/mol. The average molecular weight is 358 g/mol. The quantitative estimate of drug-likeness (QED) is 0.774. The van der Waals surface area contributed by atoms with Crippen molar-refractivity contribution in [3.63, 3.8) is 0 Å². The van der Waals surface area contributed by atoms with Gasteiger partial charge in [-0.25, -0.2) is 4.79 Å². The fourth-order valence-electron chi connectivity index (χ4n) is 3.64. The van der Waals surface area contributed by atoms with Crippen LogP contribution in [0.4, 0.5) is 4.39 Å². The third-order valence-corrected chi connectivity index (χ3v) is 4.63. The molecule has 0 aliphatic carbocycles. The summed E-state index contributed by atoms with van der Waals surface area (Å²) in [6, 6.07) is 0. The van der Waals surface area contributed by atoms with Crippen LogP contribution in [0.25, 0.3) is 0 Å². The maximum Gasteiger partial charge on any atom is 0.330 e. The van der Waals surface area contributed by atoms with E-state index in [9.17, 15) is 19.1 Å². The second-order valence-electron chi connectivity index (χ2n) is 6.47. The van der Waals surface area contributed by atoms with Crippen molar-refractivity contribution in [2.75, 3.05) is 6.61 Å². The second-order valence-corrected chi connectivity index (χ2v) is 6.47. The van der Waals surface area contributed by atoms with Crippen molar-refractivity contribution >= 4 is 0 Å². The lowest BCUT2D eigenvalue weighted by Gasteiger charge is -2.30.